The molecule has 0 N–H and O–H groups in total. The summed E-state index contributed by atoms with van der Waals surface area (Å²) in [6, 6.07) is 7.74. The van der Waals surface area contributed by atoms with Crippen molar-refractivity contribution in [1.82, 2.24) is 4.90 Å². The van der Waals surface area contributed by atoms with Crippen molar-refractivity contribution in [2.45, 2.75) is 38.8 Å². The molecule has 0 aromatic heterocycles. The Balaban J connectivity index is 1.63. The van der Waals surface area contributed by atoms with Gasteiger partial charge in [-0.3, -0.25) is 4.18 Å². The number of carbonyl (C=O) groups excluding carboxylic acids is 1. The van der Waals surface area contributed by atoms with Gasteiger partial charge in [0.15, 0.2) is 0 Å². The molecule has 0 bridgehead atoms. The largest absolute Gasteiger partial charge is 0.491 e. The van der Waals surface area contributed by atoms with Gasteiger partial charge in [0.25, 0.3) is 10.1 Å². The summed E-state index contributed by atoms with van der Waals surface area (Å²) in [6.45, 7) is 7.31. The molecule has 0 spiro atoms. The number of rotatable bonds is 14. The molecule has 9 nitrogen and oxygen atoms in total. The molecule has 2 rings (SSSR count). The molecule has 1 amide bonds. The normalized spacial score (nSPS) is 16.0. The lowest BCUT2D eigenvalue weighted by Gasteiger charge is -2.29. The lowest BCUT2D eigenvalue weighted by atomic mass is 10.0. The molecule has 206 valence electrons. The maximum Gasteiger partial charge on any atom is 0.410 e. The van der Waals surface area contributed by atoms with Crippen LogP contribution in [-0.4, -0.2) is 84.0 Å². The molecular formula is C27H39NO8S. The number of nitrogens with zero attached hydrogens (tertiary/aromatic N) is 1. The van der Waals surface area contributed by atoms with Crippen LogP contribution >= 0.6 is 0 Å². The van der Waals surface area contributed by atoms with Crippen LogP contribution in [0.1, 0.15) is 32.8 Å². The van der Waals surface area contributed by atoms with Crippen LogP contribution in [0.15, 0.2) is 54.1 Å². The maximum atomic E-state index is 12.3. The Morgan fingerprint density at radius 3 is 2.19 bits per heavy atom. The van der Waals surface area contributed by atoms with E-state index in [0.29, 0.717) is 26.4 Å². The minimum absolute atomic E-state index is 0.00462. The van der Waals surface area contributed by atoms with Gasteiger partial charge in [0.1, 0.15) is 18.0 Å². The molecule has 1 aromatic carbocycles. The van der Waals surface area contributed by atoms with Crippen LogP contribution in [-0.2, 0) is 28.5 Å². The quantitative estimate of drug-likeness (QED) is 0.257. The van der Waals surface area contributed by atoms with E-state index in [1.807, 2.05) is 69.3 Å². The van der Waals surface area contributed by atoms with Gasteiger partial charge in [-0.15, -0.1) is 0 Å². The summed E-state index contributed by atoms with van der Waals surface area (Å²) in [5, 5.41) is 0. The fourth-order valence-corrected chi connectivity index (χ4v) is 3.53. The summed E-state index contributed by atoms with van der Waals surface area (Å²) >= 11 is 0. The zero-order valence-corrected chi connectivity index (χ0v) is 23.2. The van der Waals surface area contributed by atoms with E-state index < -0.39 is 15.7 Å². The van der Waals surface area contributed by atoms with Crippen LogP contribution in [0.4, 0.5) is 4.79 Å². The number of likely N-dealkylation sites (N-methyl/N-ethyl adjacent to an activating group) is 1. The van der Waals surface area contributed by atoms with Crippen molar-refractivity contribution in [1.29, 1.82) is 0 Å². The molecule has 1 aromatic rings. The summed E-state index contributed by atoms with van der Waals surface area (Å²) < 4.78 is 48.0. The van der Waals surface area contributed by atoms with Gasteiger partial charge in [0.2, 0.25) is 0 Å². The smallest absolute Gasteiger partial charge is 0.410 e. The molecule has 1 aliphatic rings. The van der Waals surface area contributed by atoms with Gasteiger partial charge in [-0.1, -0.05) is 42.5 Å². The van der Waals surface area contributed by atoms with Gasteiger partial charge in [-0.25, -0.2) is 4.79 Å². The van der Waals surface area contributed by atoms with Crippen molar-refractivity contribution in [2.24, 2.45) is 0 Å². The summed E-state index contributed by atoms with van der Waals surface area (Å²) in [6.07, 6.45) is 11.6. The highest BCUT2D eigenvalue weighted by Crippen LogP contribution is 2.20. The Labute approximate surface area is 220 Å². The SMILES string of the molecule is CN(C(=O)OC(C)(C)C)C1C=CC(C=Cc2ccc(OCCOCCOCCOS(C)(=O)=O)cc2)=CC1. The van der Waals surface area contributed by atoms with E-state index in [-0.39, 0.29) is 25.3 Å². The van der Waals surface area contributed by atoms with Crippen molar-refractivity contribution in [3.05, 3.63) is 59.7 Å². The first-order valence-electron chi connectivity index (χ1n) is 12.2. The molecule has 1 atom stereocenters. The van der Waals surface area contributed by atoms with Crippen LogP contribution in [0.2, 0.25) is 0 Å². The number of ether oxygens (including phenoxy) is 4. The van der Waals surface area contributed by atoms with Gasteiger partial charge < -0.3 is 23.8 Å². The zero-order chi connectivity index (χ0) is 27.3. The van der Waals surface area contributed by atoms with E-state index in [4.69, 9.17) is 18.9 Å². The Bertz CT molecular complexity index is 1040. The van der Waals surface area contributed by atoms with Crippen LogP contribution in [0.3, 0.4) is 0 Å². The summed E-state index contributed by atoms with van der Waals surface area (Å²) in [4.78, 5) is 13.9. The standard InChI is InChI=1S/C27H39NO8S/c1-27(2,3)36-26(29)28(4)24-12-8-22(9-13-24)6-7-23-10-14-25(15-11-23)34-20-18-32-16-17-33-19-21-35-37(5,30)31/h6-12,14-15,24H,13,16-21H2,1-5H3. The fourth-order valence-electron chi connectivity index (χ4n) is 3.16. The molecule has 0 saturated heterocycles. The van der Waals surface area contributed by atoms with Gasteiger partial charge in [-0.2, -0.15) is 8.42 Å². The lowest BCUT2D eigenvalue weighted by Crippen LogP contribution is -2.40. The van der Waals surface area contributed by atoms with Crippen LogP contribution in [0, 0.1) is 0 Å². The van der Waals surface area contributed by atoms with Crippen LogP contribution < -0.4 is 4.74 Å². The lowest BCUT2D eigenvalue weighted by molar-refractivity contribution is 0.0256. The van der Waals surface area contributed by atoms with E-state index in [1.165, 1.54) is 0 Å². The second-order valence-corrected chi connectivity index (χ2v) is 11.1. The van der Waals surface area contributed by atoms with Gasteiger partial charge in [0, 0.05) is 7.05 Å². The number of hydrogen-bond donors (Lipinski definition) is 0. The predicted octanol–water partition coefficient (Wildman–Crippen LogP) is 4.21. The molecule has 0 heterocycles. The molecule has 1 unspecified atom stereocenters. The minimum Gasteiger partial charge on any atom is -0.491 e. The zero-order valence-electron chi connectivity index (χ0n) is 22.3. The second-order valence-electron chi connectivity index (χ2n) is 9.46. The van der Waals surface area contributed by atoms with Crippen LogP contribution in [0.25, 0.3) is 6.08 Å². The number of allylic oxidation sites excluding steroid dienone is 3. The van der Waals surface area contributed by atoms with E-state index in [1.54, 1.807) is 11.9 Å². The van der Waals surface area contributed by atoms with E-state index >= 15 is 0 Å². The highest BCUT2D eigenvalue weighted by atomic mass is 32.2. The van der Waals surface area contributed by atoms with E-state index in [9.17, 15) is 13.2 Å². The molecule has 1 aliphatic carbocycles. The Morgan fingerprint density at radius 2 is 1.62 bits per heavy atom. The average molecular weight is 538 g/mol. The first-order valence-corrected chi connectivity index (χ1v) is 14.0. The van der Waals surface area contributed by atoms with Crippen LogP contribution in [0.5, 0.6) is 5.75 Å². The molecule has 0 radical (unpaired) electrons. The molecule has 0 saturated carbocycles. The average Bonchev–Trinajstić information content (AvgIpc) is 2.82. The first kappa shape index (κ1) is 30.6. The molecule has 10 heteroatoms. The highest BCUT2D eigenvalue weighted by molar-refractivity contribution is 7.85. The summed E-state index contributed by atoms with van der Waals surface area (Å²) in [7, 11) is -1.67. The predicted molar refractivity (Wildman–Crippen MR) is 143 cm³/mol. The van der Waals surface area contributed by atoms with Crippen molar-refractivity contribution >= 4 is 22.3 Å². The van der Waals surface area contributed by atoms with Gasteiger partial charge >= 0.3 is 6.09 Å². The van der Waals surface area contributed by atoms with Crippen molar-refractivity contribution < 1.29 is 36.3 Å². The Hall–Kier alpha value is -2.66. The monoisotopic (exact) mass is 537 g/mol. The van der Waals surface area contributed by atoms with Crippen molar-refractivity contribution in [3.8, 4) is 5.75 Å². The fraction of sp³-hybridized carbons (Fsp3) is 0.519. The number of amides is 1. The molecule has 0 fully saturated rings. The van der Waals surface area contributed by atoms with Crippen molar-refractivity contribution in [2.75, 3.05) is 52.9 Å². The number of benzene rings is 1. The summed E-state index contributed by atoms with van der Waals surface area (Å²) in [5.74, 6) is 0.750. The molecule has 0 aliphatic heterocycles. The minimum atomic E-state index is -3.43. The highest BCUT2D eigenvalue weighted by Gasteiger charge is 2.24. The first-order chi connectivity index (χ1) is 17.4. The second kappa shape index (κ2) is 14.9. The number of carbonyl (C=O) groups is 1. The molecule has 37 heavy (non-hydrogen) atoms. The third-order valence-electron chi connectivity index (χ3n) is 5.03. The number of hydrogen-bond acceptors (Lipinski definition) is 8. The molecular weight excluding hydrogens is 498 g/mol. The van der Waals surface area contributed by atoms with Crippen molar-refractivity contribution in [3.63, 3.8) is 0 Å². The summed E-state index contributed by atoms with van der Waals surface area (Å²) in [5.41, 5.74) is 1.61. The van der Waals surface area contributed by atoms with Gasteiger partial charge in [0.05, 0.1) is 45.3 Å². The Kier molecular flexibility index (Phi) is 12.3. The maximum absolute atomic E-state index is 12.3. The van der Waals surface area contributed by atoms with E-state index in [0.717, 1.165) is 29.6 Å². The third kappa shape index (κ3) is 13.5. The topological polar surface area (TPSA) is 101 Å². The Morgan fingerprint density at radius 1 is 1.00 bits per heavy atom. The van der Waals surface area contributed by atoms with Gasteiger partial charge in [-0.05, 0) is 50.5 Å². The third-order valence-corrected chi connectivity index (χ3v) is 5.62. The van der Waals surface area contributed by atoms with E-state index in [2.05, 4.69) is 10.3 Å².